The molecule has 1 fully saturated rings. The first-order valence-corrected chi connectivity index (χ1v) is 12.0. The molecule has 0 bridgehead atoms. The highest BCUT2D eigenvalue weighted by Gasteiger charge is 2.41. The van der Waals surface area contributed by atoms with Crippen LogP contribution >= 0.6 is 0 Å². The summed E-state index contributed by atoms with van der Waals surface area (Å²) in [7, 11) is 0.525. The Bertz CT molecular complexity index is 1470. The standard InChI is InChI=1S/C23H26N4O5S/c1-15-7-9-16(10-8-15)24(2)21(28)19-6-5-13-27(19)33(31,32)17-11-12-18-20(14-17)26(4)23(30)22(29)25(18)3/h7-12,14,19H,5-6,13H2,1-4H3/t19-/m1/s1. The molecular weight excluding hydrogens is 444 g/mol. The number of carbonyl (C=O) groups excluding carboxylic acids is 1. The van der Waals surface area contributed by atoms with Gasteiger partial charge in [-0.15, -0.1) is 0 Å². The molecule has 33 heavy (non-hydrogen) atoms. The van der Waals surface area contributed by atoms with Crippen LogP contribution in [0.15, 0.2) is 56.9 Å². The molecule has 2 heterocycles. The quantitative estimate of drug-likeness (QED) is 0.536. The topological polar surface area (TPSA) is 102 Å². The average Bonchev–Trinajstić information content (AvgIpc) is 3.31. The molecule has 0 saturated carbocycles. The Kier molecular flexibility index (Phi) is 5.75. The molecule has 0 aliphatic carbocycles. The molecule has 1 amide bonds. The van der Waals surface area contributed by atoms with Gasteiger partial charge in [0.25, 0.3) is 0 Å². The van der Waals surface area contributed by atoms with Crippen molar-refractivity contribution in [2.75, 3.05) is 18.5 Å². The summed E-state index contributed by atoms with van der Waals surface area (Å²) in [4.78, 5) is 39.0. The molecular formula is C23H26N4O5S. The first-order chi connectivity index (χ1) is 15.5. The van der Waals surface area contributed by atoms with Crippen molar-refractivity contribution in [3.8, 4) is 0 Å². The van der Waals surface area contributed by atoms with Crippen molar-refractivity contribution >= 4 is 32.7 Å². The van der Waals surface area contributed by atoms with Crippen LogP contribution in [0.1, 0.15) is 18.4 Å². The maximum absolute atomic E-state index is 13.5. The maximum atomic E-state index is 13.5. The van der Waals surface area contributed by atoms with Crippen molar-refractivity contribution in [2.24, 2.45) is 14.1 Å². The number of aryl methyl sites for hydroxylation is 3. The zero-order chi connectivity index (χ0) is 24.1. The van der Waals surface area contributed by atoms with Crippen LogP contribution in [0.4, 0.5) is 5.69 Å². The van der Waals surface area contributed by atoms with Gasteiger partial charge in [0.05, 0.1) is 15.9 Å². The second-order valence-electron chi connectivity index (χ2n) is 8.39. The van der Waals surface area contributed by atoms with Crippen molar-refractivity contribution in [1.29, 1.82) is 0 Å². The Hall–Kier alpha value is -3.24. The number of carbonyl (C=O) groups is 1. The van der Waals surface area contributed by atoms with Gasteiger partial charge in [-0.3, -0.25) is 14.4 Å². The van der Waals surface area contributed by atoms with Gasteiger partial charge in [-0.1, -0.05) is 17.7 Å². The van der Waals surface area contributed by atoms with E-state index in [-0.39, 0.29) is 17.3 Å². The summed E-state index contributed by atoms with van der Waals surface area (Å²) in [5.41, 5.74) is 1.08. The lowest BCUT2D eigenvalue weighted by molar-refractivity contribution is -0.121. The van der Waals surface area contributed by atoms with Crippen LogP contribution < -0.4 is 16.0 Å². The second kappa shape index (κ2) is 8.27. The fraction of sp³-hybridized carbons (Fsp3) is 0.348. The number of nitrogens with zero attached hydrogens (tertiary/aromatic N) is 4. The molecule has 1 aliphatic heterocycles. The van der Waals surface area contributed by atoms with Crippen molar-refractivity contribution < 1.29 is 13.2 Å². The molecule has 0 radical (unpaired) electrons. The Labute approximate surface area is 191 Å². The van der Waals surface area contributed by atoms with Gasteiger partial charge in [0.1, 0.15) is 6.04 Å². The van der Waals surface area contributed by atoms with Crippen LogP contribution in [0.5, 0.6) is 0 Å². The van der Waals surface area contributed by atoms with Crippen LogP contribution in [-0.4, -0.2) is 47.4 Å². The molecule has 10 heteroatoms. The number of likely N-dealkylation sites (N-methyl/N-ethyl adjacent to an activating group) is 1. The number of rotatable bonds is 4. The molecule has 174 valence electrons. The number of hydrogen-bond acceptors (Lipinski definition) is 5. The summed E-state index contributed by atoms with van der Waals surface area (Å²) in [5, 5.41) is 0. The summed E-state index contributed by atoms with van der Waals surface area (Å²) >= 11 is 0. The highest BCUT2D eigenvalue weighted by Crippen LogP contribution is 2.29. The third-order valence-corrected chi connectivity index (χ3v) is 8.21. The van der Waals surface area contributed by atoms with Crippen molar-refractivity contribution in [2.45, 2.75) is 30.7 Å². The first kappa shape index (κ1) is 22.9. The number of hydrogen-bond donors (Lipinski definition) is 0. The zero-order valence-electron chi connectivity index (χ0n) is 19.0. The Morgan fingerprint density at radius 1 is 0.970 bits per heavy atom. The average molecular weight is 471 g/mol. The van der Waals surface area contributed by atoms with E-state index in [4.69, 9.17) is 0 Å². The molecule has 2 aromatic carbocycles. The van der Waals surface area contributed by atoms with Gasteiger partial charge in [0.2, 0.25) is 15.9 Å². The number of sulfonamides is 1. The van der Waals surface area contributed by atoms with Crippen LogP contribution in [0, 0.1) is 6.92 Å². The first-order valence-electron chi connectivity index (χ1n) is 10.6. The maximum Gasteiger partial charge on any atom is 0.316 e. The third-order valence-electron chi connectivity index (χ3n) is 6.31. The summed E-state index contributed by atoms with van der Waals surface area (Å²) in [6.45, 7) is 2.18. The SMILES string of the molecule is Cc1ccc(N(C)C(=O)[C@H]2CCCN2S(=O)(=O)c2ccc3c(c2)n(C)c(=O)c(=O)n3C)cc1. The van der Waals surface area contributed by atoms with E-state index in [1.807, 2.05) is 31.2 Å². The van der Waals surface area contributed by atoms with E-state index in [2.05, 4.69) is 0 Å². The van der Waals surface area contributed by atoms with E-state index >= 15 is 0 Å². The van der Waals surface area contributed by atoms with E-state index in [1.165, 1.54) is 46.1 Å². The van der Waals surface area contributed by atoms with Crippen molar-refractivity contribution in [1.82, 2.24) is 13.4 Å². The molecule has 0 N–H and O–H groups in total. The van der Waals surface area contributed by atoms with Crippen molar-refractivity contribution in [3.63, 3.8) is 0 Å². The van der Waals surface area contributed by atoms with E-state index in [1.54, 1.807) is 7.05 Å². The number of anilines is 1. The van der Waals surface area contributed by atoms with Gasteiger partial charge in [0, 0.05) is 33.4 Å². The summed E-state index contributed by atoms with van der Waals surface area (Å²) in [5.74, 6) is -0.296. The van der Waals surface area contributed by atoms with E-state index in [0.717, 1.165) is 10.1 Å². The molecule has 0 unspecified atom stereocenters. The van der Waals surface area contributed by atoms with Gasteiger partial charge in [-0.25, -0.2) is 8.42 Å². The molecule has 1 aromatic heterocycles. The Morgan fingerprint density at radius 3 is 2.21 bits per heavy atom. The lowest BCUT2D eigenvalue weighted by Gasteiger charge is -2.27. The van der Waals surface area contributed by atoms with Crippen molar-refractivity contribution in [3.05, 3.63) is 68.7 Å². The third kappa shape index (κ3) is 3.79. The van der Waals surface area contributed by atoms with Gasteiger partial charge in [-0.2, -0.15) is 4.31 Å². The minimum atomic E-state index is -4.02. The molecule has 1 aliphatic rings. The smallest absolute Gasteiger partial charge is 0.314 e. The summed E-state index contributed by atoms with van der Waals surface area (Å²) < 4.78 is 30.7. The van der Waals surface area contributed by atoms with Crippen LogP contribution in [0.3, 0.4) is 0 Å². The van der Waals surface area contributed by atoms with Crippen LogP contribution in [0.2, 0.25) is 0 Å². The Morgan fingerprint density at radius 2 is 1.58 bits per heavy atom. The highest BCUT2D eigenvalue weighted by atomic mass is 32.2. The van der Waals surface area contributed by atoms with E-state index in [9.17, 15) is 22.8 Å². The predicted molar refractivity (Wildman–Crippen MR) is 126 cm³/mol. The zero-order valence-corrected chi connectivity index (χ0v) is 19.8. The highest BCUT2D eigenvalue weighted by molar-refractivity contribution is 7.89. The molecule has 1 atom stereocenters. The molecule has 4 rings (SSSR count). The summed E-state index contributed by atoms with van der Waals surface area (Å²) in [6, 6.07) is 10.9. The monoisotopic (exact) mass is 470 g/mol. The Balaban J connectivity index is 1.72. The van der Waals surface area contributed by atoms with Gasteiger partial charge >= 0.3 is 11.1 Å². The number of aromatic nitrogens is 2. The second-order valence-corrected chi connectivity index (χ2v) is 10.3. The number of amides is 1. The lowest BCUT2D eigenvalue weighted by Crippen LogP contribution is -2.46. The van der Waals surface area contributed by atoms with Crippen LogP contribution in [-0.2, 0) is 28.9 Å². The minimum absolute atomic E-state index is 0.0265. The number of benzene rings is 2. The minimum Gasteiger partial charge on any atom is -0.314 e. The summed E-state index contributed by atoms with van der Waals surface area (Å²) in [6.07, 6.45) is 0.993. The normalized spacial score (nSPS) is 16.9. The molecule has 3 aromatic rings. The lowest BCUT2D eigenvalue weighted by atomic mass is 10.1. The van der Waals surface area contributed by atoms with Gasteiger partial charge < -0.3 is 14.0 Å². The van der Waals surface area contributed by atoms with Gasteiger partial charge in [0.15, 0.2) is 0 Å². The molecule has 9 nitrogen and oxygen atoms in total. The van der Waals surface area contributed by atoms with E-state index in [0.29, 0.717) is 29.6 Å². The fourth-order valence-corrected chi connectivity index (χ4v) is 5.92. The van der Waals surface area contributed by atoms with Crippen LogP contribution in [0.25, 0.3) is 11.0 Å². The number of fused-ring (bicyclic) bond motifs is 1. The largest absolute Gasteiger partial charge is 0.316 e. The van der Waals surface area contributed by atoms with E-state index < -0.39 is 27.2 Å². The van der Waals surface area contributed by atoms with Gasteiger partial charge in [-0.05, 0) is 50.1 Å². The molecule has 1 saturated heterocycles. The fourth-order valence-electron chi connectivity index (χ4n) is 4.25. The predicted octanol–water partition coefficient (Wildman–Crippen LogP) is 1.36. The molecule has 0 spiro atoms.